The molecule has 1 N–H and O–H groups in total. The Kier molecular flexibility index (Phi) is 3.16. The number of hydrogen-bond acceptors (Lipinski definition) is 2. The minimum absolute atomic E-state index is 0.472. The Bertz CT molecular complexity index is 1410. The van der Waals surface area contributed by atoms with Crippen molar-refractivity contribution in [2.45, 2.75) is 43.9 Å². The molecule has 4 saturated carbocycles. The zero-order chi connectivity index (χ0) is 21.1. The molecule has 0 saturated heterocycles. The molecule has 0 amide bonds. The smallest absolute Gasteiger partial charge is 0.135 e. The Morgan fingerprint density at radius 1 is 0.844 bits per heavy atom. The van der Waals surface area contributed by atoms with Crippen LogP contribution in [-0.4, -0.2) is 5.71 Å². The maximum atomic E-state index is 8.77. The number of fused-ring (bicyclic) bond motifs is 4. The molecule has 0 aliphatic heterocycles. The Morgan fingerprint density at radius 3 is 2.34 bits per heavy atom. The summed E-state index contributed by atoms with van der Waals surface area (Å²) in [6, 6.07) is 23.7. The standard InChI is InChI=1S/C30H27NO/c31-26(19-7-10-28-25(12-19)24-3-1-2-4-27(24)32-28)11-18-5-8-20(9-6-18)29-15-22-13-21-14-23(16-29)30(21,22)17-29/h1-10,12,21-23,31H,11,13-17H2/t21?,22-,23?,29?,30?/m0/s1. The Labute approximate surface area is 188 Å². The molecule has 1 aromatic heterocycles. The van der Waals surface area contributed by atoms with Crippen molar-refractivity contribution < 1.29 is 4.42 Å². The number of hydrogen-bond donors (Lipinski definition) is 1. The minimum atomic E-state index is 0.472. The second-order valence-corrected chi connectivity index (χ2v) is 11.2. The average Bonchev–Trinajstić information content (AvgIpc) is 3.43. The van der Waals surface area contributed by atoms with E-state index in [4.69, 9.17) is 9.83 Å². The molecule has 4 aliphatic carbocycles. The lowest BCUT2D eigenvalue weighted by Gasteiger charge is -2.66. The van der Waals surface area contributed by atoms with Gasteiger partial charge in [-0.3, -0.25) is 0 Å². The Hall–Kier alpha value is -2.87. The molecule has 1 heterocycles. The van der Waals surface area contributed by atoms with Gasteiger partial charge in [0.1, 0.15) is 11.2 Å². The molecule has 4 aliphatic rings. The topological polar surface area (TPSA) is 37.0 Å². The van der Waals surface area contributed by atoms with Gasteiger partial charge in [-0.05, 0) is 102 Å². The summed E-state index contributed by atoms with van der Waals surface area (Å²) in [7, 11) is 0. The maximum absolute atomic E-state index is 8.77. The molecule has 2 bridgehead atoms. The predicted molar refractivity (Wildman–Crippen MR) is 128 cm³/mol. The van der Waals surface area contributed by atoms with Gasteiger partial charge in [0.25, 0.3) is 0 Å². The molecule has 2 nitrogen and oxygen atoms in total. The van der Waals surface area contributed by atoms with Crippen LogP contribution in [-0.2, 0) is 11.8 Å². The van der Waals surface area contributed by atoms with Crippen LogP contribution in [0.1, 0.15) is 48.8 Å². The highest BCUT2D eigenvalue weighted by Gasteiger charge is 2.77. The fourth-order valence-electron chi connectivity index (χ4n) is 8.61. The first-order chi connectivity index (χ1) is 15.6. The van der Waals surface area contributed by atoms with E-state index in [0.29, 0.717) is 17.5 Å². The van der Waals surface area contributed by atoms with Crippen molar-refractivity contribution in [1.82, 2.24) is 0 Å². The summed E-state index contributed by atoms with van der Waals surface area (Å²) in [5.41, 5.74) is 7.52. The molecule has 3 aromatic carbocycles. The van der Waals surface area contributed by atoms with Gasteiger partial charge in [0.2, 0.25) is 0 Å². The van der Waals surface area contributed by atoms with Gasteiger partial charge < -0.3 is 9.83 Å². The third kappa shape index (κ3) is 2.05. The molecule has 4 unspecified atom stereocenters. The molecule has 32 heavy (non-hydrogen) atoms. The number of nitrogens with one attached hydrogen (secondary N) is 1. The molecule has 4 aromatic rings. The number of furan rings is 1. The van der Waals surface area contributed by atoms with Crippen molar-refractivity contribution in [3.8, 4) is 0 Å². The van der Waals surface area contributed by atoms with E-state index >= 15 is 0 Å². The van der Waals surface area contributed by atoms with Crippen LogP contribution in [0, 0.1) is 28.6 Å². The van der Waals surface area contributed by atoms with Crippen molar-refractivity contribution in [3.63, 3.8) is 0 Å². The van der Waals surface area contributed by atoms with Crippen molar-refractivity contribution in [3.05, 3.63) is 83.4 Å². The molecular formula is C30H27NO. The van der Waals surface area contributed by atoms with Crippen LogP contribution in [0.4, 0.5) is 0 Å². The van der Waals surface area contributed by atoms with Gasteiger partial charge >= 0.3 is 0 Å². The normalized spacial score (nSPS) is 33.8. The summed E-state index contributed by atoms with van der Waals surface area (Å²) in [5, 5.41) is 11.0. The monoisotopic (exact) mass is 417 g/mol. The zero-order valence-electron chi connectivity index (χ0n) is 18.2. The van der Waals surface area contributed by atoms with Crippen LogP contribution in [0.3, 0.4) is 0 Å². The second kappa shape index (κ2) is 5.73. The maximum Gasteiger partial charge on any atom is 0.135 e. The van der Waals surface area contributed by atoms with Crippen LogP contribution in [0.15, 0.2) is 71.1 Å². The van der Waals surface area contributed by atoms with Gasteiger partial charge in [-0.15, -0.1) is 0 Å². The molecule has 5 atom stereocenters. The van der Waals surface area contributed by atoms with Gasteiger partial charge in [-0.2, -0.15) is 0 Å². The highest BCUT2D eigenvalue weighted by Crippen LogP contribution is 2.84. The van der Waals surface area contributed by atoms with Crippen LogP contribution in [0.2, 0.25) is 0 Å². The summed E-state index contributed by atoms with van der Waals surface area (Å²) in [5.74, 6) is 3.13. The number of para-hydroxylation sites is 1. The molecule has 158 valence electrons. The average molecular weight is 418 g/mol. The van der Waals surface area contributed by atoms with Gasteiger partial charge in [0, 0.05) is 22.9 Å². The Balaban J connectivity index is 1.06. The van der Waals surface area contributed by atoms with E-state index in [2.05, 4.69) is 36.4 Å². The molecule has 4 fully saturated rings. The molecule has 1 spiro atoms. The molecule has 0 radical (unpaired) electrons. The summed E-state index contributed by atoms with van der Waals surface area (Å²) in [6.07, 6.45) is 8.05. The van der Waals surface area contributed by atoms with E-state index in [9.17, 15) is 0 Å². The fraction of sp³-hybridized carbons (Fsp3) is 0.367. The van der Waals surface area contributed by atoms with Crippen molar-refractivity contribution >= 4 is 27.7 Å². The summed E-state index contributed by atoms with van der Waals surface area (Å²) >= 11 is 0. The lowest BCUT2D eigenvalue weighted by molar-refractivity contribution is -0.175. The van der Waals surface area contributed by atoms with Crippen molar-refractivity contribution in [2.24, 2.45) is 23.2 Å². The summed E-state index contributed by atoms with van der Waals surface area (Å²) < 4.78 is 5.95. The third-order valence-corrected chi connectivity index (χ3v) is 10.0. The van der Waals surface area contributed by atoms with E-state index in [1.165, 1.54) is 37.7 Å². The molecular weight excluding hydrogens is 390 g/mol. The highest BCUT2D eigenvalue weighted by molar-refractivity contribution is 6.09. The molecule has 2 heteroatoms. The first kappa shape index (κ1) is 17.7. The van der Waals surface area contributed by atoms with Crippen LogP contribution in [0.5, 0.6) is 0 Å². The first-order valence-electron chi connectivity index (χ1n) is 12.2. The third-order valence-electron chi connectivity index (χ3n) is 10.0. The minimum Gasteiger partial charge on any atom is -0.456 e. The van der Waals surface area contributed by atoms with Crippen molar-refractivity contribution in [2.75, 3.05) is 0 Å². The van der Waals surface area contributed by atoms with Gasteiger partial charge in [-0.1, -0.05) is 42.5 Å². The van der Waals surface area contributed by atoms with E-state index in [0.717, 1.165) is 50.7 Å². The van der Waals surface area contributed by atoms with Crippen LogP contribution >= 0.6 is 0 Å². The van der Waals surface area contributed by atoms with Gasteiger partial charge in [0.15, 0.2) is 0 Å². The lowest BCUT2D eigenvalue weighted by atomic mass is 9.38. The predicted octanol–water partition coefficient (Wildman–Crippen LogP) is 7.27. The fourth-order valence-corrected chi connectivity index (χ4v) is 8.61. The number of rotatable bonds is 4. The number of benzene rings is 3. The second-order valence-electron chi connectivity index (χ2n) is 11.2. The first-order valence-corrected chi connectivity index (χ1v) is 12.2. The van der Waals surface area contributed by atoms with E-state index in [-0.39, 0.29) is 0 Å². The van der Waals surface area contributed by atoms with Crippen LogP contribution in [0.25, 0.3) is 21.9 Å². The van der Waals surface area contributed by atoms with E-state index in [1.807, 2.05) is 30.3 Å². The SMILES string of the molecule is N=C(Cc1ccc(C23CC4CC5C[C@@H](C2)C54C3)cc1)c1ccc2oc3ccccc3c2c1. The lowest BCUT2D eigenvalue weighted by Crippen LogP contribution is -2.59. The van der Waals surface area contributed by atoms with E-state index in [1.54, 1.807) is 5.56 Å². The van der Waals surface area contributed by atoms with Crippen LogP contribution < -0.4 is 0 Å². The van der Waals surface area contributed by atoms with Gasteiger partial charge in [-0.25, -0.2) is 0 Å². The summed E-state index contributed by atoms with van der Waals surface area (Å²) in [4.78, 5) is 0. The van der Waals surface area contributed by atoms with Crippen molar-refractivity contribution in [1.29, 1.82) is 5.41 Å². The summed E-state index contributed by atoms with van der Waals surface area (Å²) in [6.45, 7) is 0. The molecule has 8 rings (SSSR count). The van der Waals surface area contributed by atoms with E-state index < -0.39 is 0 Å². The largest absolute Gasteiger partial charge is 0.456 e. The Morgan fingerprint density at radius 2 is 1.59 bits per heavy atom. The highest BCUT2D eigenvalue weighted by atomic mass is 16.3. The quantitative estimate of drug-likeness (QED) is 0.348. The zero-order valence-corrected chi connectivity index (χ0v) is 18.2. The van der Waals surface area contributed by atoms with Gasteiger partial charge in [0.05, 0.1) is 0 Å².